The number of non-ortho nitro benzene ring substituents is 1. The van der Waals surface area contributed by atoms with Gasteiger partial charge in [-0.1, -0.05) is 42.0 Å². The smallest absolute Gasteiger partial charge is 0.296 e. The van der Waals surface area contributed by atoms with Crippen LogP contribution in [0.3, 0.4) is 0 Å². The van der Waals surface area contributed by atoms with E-state index in [1.54, 1.807) is 6.07 Å². The fraction of sp³-hybridized carbons (Fsp3) is 0.0400. The normalized spacial score (nSPS) is 11.4. The molecule has 0 aliphatic heterocycles. The van der Waals surface area contributed by atoms with Crippen LogP contribution in [0.5, 0.6) is 5.88 Å². The van der Waals surface area contributed by atoms with Gasteiger partial charge in [0.15, 0.2) is 5.69 Å². The number of fused-ring (bicyclic) bond motifs is 2. The van der Waals surface area contributed by atoms with Crippen molar-refractivity contribution in [2.45, 2.75) is 6.92 Å². The van der Waals surface area contributed by atoms with E-state index in [0.29, 0.717) is 27.7 Å². The van der Waals surface area contributed by atoms with Gasteiger partial charge in [0.1, 0.15) is 0 Å². The minimum atomic E-state index is -0.630. The van der Waals surface area contributed by atoms with Gasteiger partial charge in [0.25, 0.3) is 11.6 Å². The van der Waals surface area contributed by atoms with E-state index < -0.39 is 10.8 Å². The molecule has 2 N–H and O–H groups in total. The van der Waals surface area contributed by atoms with Gasteiger partial charge in [-0.2, -0.15) is 0 Å². The van der Waals surface area contributed by atoms with Crippen LogP contribution < -0.4 is 0 Å². The maximum absolute atomic E-state index is 13.2. The van der Waals surface area contributed by atoms with E-state index >= 15 is 0 Å². The van der Waals surface area contributed by atoms with Crippen molar-refractivity contribution in [3.05, 3.63) is 94.0 Å². The number of benzene rings is 3. The van der Waals surface area contributed by atoms with Gasteiger partial charge in [-0.3, -0.25) is 14.9 Å². The zero-order valence-electron chi connectivity index (χ0n) is 17.9. The van der Waals surface area contributed by atoms with Gasteiger partial charge in [-0.25, -0.2) is 4.98 Å². The summed E-state index contributed by atoms with van der Waals surface area (Å²) in [6, 6.07) is 20.8. The lowest BCUT2D eigenvalue weighted by Gasteiger charge is -2.08. The molecule has 9 heteroatoms. The third-order valence-electron chi connectivity index (χ3n) is 5.45. The summed E-state index contributed by atoms with van der Waals surface area (Å²) in [5.41, 5.74) is 3.56. The van der Waals surface area contributed by atoms with E-state index in [0.717, 1.165) is 11.1 Å². The summed E-state index contributed by atoms with van der Waals surface area (Å²) in [4.78, 5) is 31.1. The second kappa shape index (κ2) is 8.21. The molecule has 0 aliphatic rings. The summed E-state index contributed by atoms with van der Waals surface area (Å²) in [6.07, 6.45) is 0. The zero-order valence-corrected chi connectivity index (χ0v) is 17.9. The van der Waals surface area contributed by atoms with Crippen molar-refractivity contribution in [1.82, 2.24) is 9.97 Å². The van der Waals surface area contributed by atoms with Gasteiger partial charge in [0.05, 0.1) is 27.2 Å². The quantitative estimate of drug-likeness (QED) is 0.190. The predicted molar refractivity (Wildman–Crippen MR) is 127 cm³/mol. The number of rotatable bonds is 4. The third kappa shape index (κ3) is 3.75. The molecule has 0 unspecified atom stereocenters. The van der Waals surface area contributed by atoms with Crippen molar-refractivity contribution in [1.29, 1.82) is 0 Å². The van der Waals surface area contributed by atoms with Crippen LogP contribution in [-0.4, -0.2) is 25.9 Å². The van der Waals surface area contributed by atoms with Crippen LogP contribution in [-0.2, 0) is 0 Å². The molecule has 2 heterocycles. The number of aromatic amines is 1. The van der Waals surface area contributed by atoms with Crippen molar-refractivity contribution in [3.63, 3.8) is 0 Å². The third-order valence-corrected chi connectivity index (χ3v) is 5.45. The van der Waals surface area contributed by atoms with E-state index in [1.165, 1.54) is 18.2 Å². The van der Waals surface area contributed by atoms with E-state index in [1.807, 2.05) is 55.5 Å². The number of nitro benzene ring substituents is 1. The summed E-state index contributed by atoms with van der Waals surface area (Å²) in [6.45, 7) is 1.91. The second-order valence-corrected chi connectivity index (χ2v) is 7.76. The number of H-pyrrole nitrogens is 1. The lowest BCUT2D eigenvalue weighted by atomic mass is 10.0. The average Bonchev–Trinajstić information content (AvgIpc) is 3.16. The molecule has 0 radical (unpaired) electrons. The molecule has 0 saturated carbocycles. The monoisotopic (exact) mass is 451 g/mol. The number of aryl methyl sites for hydroxylation is 1. The zero-order chi connectivity index (χ0) is 23.8. The summed E-state index contributed by atoms with van der Waals surface area (Å²) < 4.78 is 0. The average molecular weight is 451 g/mol. The van der Waals surface area contributed by atoms with Crippen molar-refractivity contribution < 1.29 is 14.8 Å². The Morgan fingerprint density at radius 3 is 2.59 bits per heavy atom. The molecule has 0 atom stereocenters. The molecule has 3 aromatic carbocycles. The number of nitro groups is 1. The number of aromatic hydroxyl groups is 1. The number of carbonyl (C=O) groups is 1. The molecule has 5 aromatic rings. The fourth-order valence-corrected chi connectivity index (χ4v) is 3.79. The largest absolute Gasteiger partial charge is 0.493 e. The first-order valence-corrected chi connectivity index (χ1v) is 10.3. The topological polar surface area (TPSA) is 134 Å². The molecule has 0 saturated heterocycles. The first kappa shape index (κ1) is 21.0. The Bertz CT molecular complexity index is 1620. The predicted octanol–water partition coefficient (Wildman–Crippen LogP) is 6.23. The minimum Gasteiger partial charge on any atom is -0.493 e. The maximum atomic E-state index is 13.2. The van der Waals surface area contributed by atoms with Crippen molar-refractivity contribution >= 4 is 39.1 Å². The van der Waals surface area contributed by atoms with Crippen molar-refractivity contribution in [2.24, 2.45) is 10.2 Å². The second-order valence-electron chi connectivity index (χ2n) is 7.76. The first-order valence-electron chi connectivity index (χ1n) is 10.3. The SMILES string of the molecule is Cc1ccc2nc(-c3ccccc3)cc(C(=O)N=Nc3c(O)[nH]c4ccc([N+](=O)[O-])cc34)c2c1. The number of azo groups is 1. The Morgan fingerprint density at radius 1 is 1.03 bits per heavy atom. The molecule has 0 spiro atoms. The number of hydrogen-bond donors (Lipinski definition) is 2. The number of hydrogen-bond acceptors (Lipinski definition) is 6. The lowest BCUT2D eigenvalue weighted by molar-refractivity contribution is -0.384. The highest BCUT2D eigenvalue weighted by Gasteiger charge is 2.17. The van der Waals surface area contributed by atoms with Crippen LogP contribution in [0.15, 0.2) is 83.0 Å². The molecule has 166 valence electrons. The van der Waals surface area contributed by atoms with Crippen LogP contribution >= 0.6 is 0 Å². The highest BCUT2D eigenvalue weighted by atomic mass is 16.6. The Labute approximate surface area is 192 Å². The van der Waals surface area contributed by atoms with Crippen LogP contribution in [0.1, 0.15) is 15.9 Å². The van der Waals surface area contributed by atoms with E-state index in [9.17, 15) is 20.0 Å². The van der Waals surface area contributed by atoms with Crippen molar-refractivity contribution in [3.8, 4) is 17.1 Å². The molecule has 5 rings (SSSR count). The molecule has 0 bridgehead atoms. The Hall–Kier alpha value is -4.92. The van der Waals surface area contributed by atoms with Gasteiger partial charge < -0.3 is 10.1 Å². The van der Waals surface area contributed by atoms with Crippen LogP contribution in [0.4, 0.5) is 11.4 Å². The Kier molecular flexibility index (Phi) is 5.06. The number of nitrogens with one attached hydrogen (secondary N) is 1. The fourth-order valence-electron chi connectivity index (χ4n) is 3.79. The molecular weight excluding hydrogens is 434 g/mol. The number of nitrogens with zero attached hydrogens (tertiary/aromatic N) is 4. The van der Waals surface area contributed by atoms with E-state index in [2.05, 4.69) is 20.2 Å². The number of pyridine rings is 1. The van der Waals surface area contributed by atoms with Crippen LogP contribution in [0.2, 0.25) is 0 Å². The van der Waals surface area contributed by atoms with E-state index in [4.69, 9.17) is 0 Å². The van der Waals surface area contributed by atoms with Gasteiger partial charge in [-0.05, 0) is 31.2 Å². The van der Waals surface area contributed by atoms with Gasteiger partial charge in [0, 0.05) is 28.5 Å². The van der Waals surface area contributed by atoms with Crippen molar-refractivity contribution in [2.75, 3.05) is 0 Å². The summed E-state index contributed by atoms with van der Waals surface area (Å²) in [5.74, 6) is -0.971. The Balaban J connectivity index is 1.61. The van der Waals surface area contributed by atoms with Gasteiger partial charge in [-0.15, -0.1) is 10.2 Å². The molecule has 34 heavy (non-hydrogen) atoms. The summed E-state index contributed by atoms with van der Waals surface area (Å²) in [7, 11) is 0. The molecule has 0 fully saturated rings. The molecule has 0 aliphatic carbocycles. The first-order chi connectivity index (χ1) is 16.4. The maximum Gasteiger partial charge on any atom is 0.296 e. The minimum absolute atomic E-state index is 0.0510. The molecular formula is C25H17N5O4. The van der Waals surface area contributed by atoms with Crippen LogP contribution in [0, 0.1) is 17.0 Å². The Morgan fingerprint density at radius 2 is 1.82 bits per heavy atom. The molecule has 2 aromatic heterocycles. The van der Waals surface area contributed by atoms with Gasteiger partial charge >= 0.3 is 0 Å². The number of aromatic nitrogens is 2. The lowest BCUT2D eigenvalue weighted by Crippen LogP contribution is -1.99. The number of carbonyl (C=O) groups excluding carboxylic acids is 1. The van der Waals surface area contributed by atoms with Crippen LogP contribution in [0.25, 0.3) is 33.1 Å². The molecule has 1 amide bonds. The number of amides is 1. The molecule has 9 nitrogen and oxygen atoms in total. The summed E-state index contributed by atoms with van der Waals surface area (Å²) in [5, 5.41) is 30.1. The highest BCUT2D eigenvalue weighted by molar-refractivity contribution is 6.08. The highest BCUT2D eigenvalue weighted by Crippen LogP contribution is 2.37. The van der Waals surface area contributed by atoms with Gasteiger partial charge in [0.2, 0.25) is 5.88 Å². The standard InChI is InChI=1S/C25H17N5O4/c1-14-7-9-20-17(11-14)18(13-22(26-20)15-5-3-2-4-6-15)24(31)29-28-23-19-12-16(30(33)34)8-10-21(19)27-25(23)32/h2-13,27,32H,1H3. The summed E-state index contributed by atoms with van der Waals surface area (Å²) >= 11 is 0. The van der Waals surface area contributed by atoms with E-state index in [-0.39, 0.29) is 22.6 Å².